The smallest absolute Gasteiger partial charge is 0.340 e. The van der Waals surface area contributed by atoms with Gasteiger partial charge in [-0.05, 0) is 43.0 Å². The predicted octanol–water partition coefficient (Wildman–Crippen LogP) is 3.23. The molecule has 1 unspecified atom stereocenters. The van der Waals surface area contributed by atoms with Gasteiger partial charge >= 0.3 is 5.97 Å². The van der Waals surface area contributed by atoms with Crippen molar-refractivity contribution in [1.82, 2.24) is 4.90 Å². The molecule has 1 aromatic carbocycles. The number of hydrogen-bond acceptors (Lipinski definition) is 3. The summed E-state index contributed by atoms with van der Waals surface area (Å²) in [6.45, 7) is 5.13. The van der Waals surface area contributed by atoms with E-state index in [9.17, 15) is 9.18 Å². The summed E-state index contributed by atoms with van der Waals surface area (Å²) in [7, 11) is 1.26. The van der Waals surface area contributed by atoms with E-state index in [0.717, 1.165) is 31.1 Å². The minimum Gasteiger partial charge on any atom is -0.465 e. The van der Waals surface area contributed by atoms with Gasteiger partial charge in [0.2, 0.25) is 0 Å². The van der Waals surface area contributed by atoms with Gasteiger partial charge in [0.15, 0.2) is 0 Å². The lowest BCUT2D eigenvalue weighted by Crippen LogP contribution is -2.20. The van der Waals surface area contributed by atoms with Crippen LogP contribution < -0.4 is 0 Å². The Bertz CT molecular complexity index is 476. The average molecular weight is 279 g/mol. The normalized spacial score (nSPS) is 19.2. The van der Waals surface area contributed by atoms with E-state index < -0.39 is 11.8 Å². The van der Waals surface area contributed by atoms with Crippen LogP contribution in [-0.4, -0.2) is 31.1 Å². The standard InChI is InChI=1S/C16H22FNO2/c1-3-4-12-7-8-18(10-12)11-13-5-6-14(15(17)9-13)16(19)20-2/h5-6,9,12H,3-4,7-8,10-11H2,1-2H3. The van der Waals surface area contributed by atoms with Crippen molar-refractivity contribution in [2.75, 3.05) is 20.2 Å². The summed E-state index contributed by atoms with van der Waals surface area (Å²) < 4.78 is 18.4. The molecule has 0 amide bonds. The SMILES string of the molecule is CCCC1CCN(Cc2ccc(C(=O)OC)c(F)c2)C1. The monoisotopic (exact) mass is 279 g/mol. The molecule has 110 valence electrons. The Balaban J connectivity index is 1.97. The minimum absolute atomic E-state index is 0.00142. The highest BCUT2D eigenvalue weighted by Crippen LogP contribution is 2.23. The van der Waals surface area contributed by atoms with Crippen molar-refractivity contribution in [1.29, 1.82) is 0 Å². The Hall–Kier alpha value is -1.42. The molecule has 0 bridgehead atoms. The highest BCUT2D eigenvalue weighted by molar-refractivity contribution is 5.89. The highest BCUT2D eigenvalue weighted by atomic mass is 19.1. The Morgan fingerprint density at radius 3 is 2.95 bits per heavy atom. The quantitative estimate of drug-likeness (QED) is 0.775. The second kappa shape index (κ2) is 6.84. The molecule has 20 heavy (non-hydrogen) atoms. The summed E-state index contributed by atoms with van der Waals surface area (Å²) in [5.41, 5.74) is 0.911. The Morgan fingerprint density at radius 2 is 2.30 bits per heavy atom. The van der Waals surface area contributed by atoms with Crippen LogP contribution in [0.2, 0.25) is 0 Å². The maximum Gasteiger partial charge on any atom is 0.340 e. The number of likely N-dealkylation sites (tertiary alicyclic amines) is 1. The Labute approximate surface area is 119 Å². The molecule has 3 nitrogen and oxygen atoms in total. The molecule has 0 radical (unpaired) electrons. The number of benzene rings is 1. The zero-order valence-corrected chi connectivity index (χ0v) is 12.2. The summed E-state index contributed by atoms with van der Waals surface area (Å²) in [6.07, 6.45) is 3.73. The Morgan fingerprint density at radius 1 is 1.50 bits per heavy atom. The fourth-order valence-electron chi connectivity index (χ4n) is 2.89. The molecule has 0 spiro atoms. The molecule has 1 heterocycles. The summed E-state index contributed by atoms with van der Waals surface area (Å²) in [4.78, 5) is 13.7. The minimum atomic E-state index is -0.627. The first-order valence-electron chi connectivity index (χ1n) is 7.23. The number of nitrogens with zero attached hydrogens (tertiary/aromatic N) is 1. The molecule has 0 aromatic heterocycles. The number of carbonyl (C=O) groups excluding carboxylic acids is 1. The number of rotatable bonds is 5. The molecule has 0 saturated carbocycles. The fraction of sp³-hybridized carbons (Fsp3) is 0.562. The molecule has 2 rings (SSSR count). The van der Waals surface area contributed by atoms with Gasteiger partial charge in [-0.2, -0.15) is 0 Å². The molecule has 1 aliphatic heterocycles. The zero-order valence-electron chi connectivity index (χ0n) is 12.2. The molecule has 1 fully saturated rings. The van der Waals surface area contributed by atoms with Gasteiger partial charge in [-0.15, -0.1) is 0 Å². The van der Waals surface area contributed by atoms with Gasteiger partial charge in [0.05, 0.1) is 12.7 Å². The van der Waals surface area contributed by atoms with Crippen molar-refractivity contribution in [3.8, 4) is 0 Å². The number of carbonyl (C=O) groups is 1. The topological polar surface area (TPSA) is 29.5 Å². The molecule has 1 saturated heterocycles. The number of halogens is 1. The molecule has 1 aromatic rings. The van der Waals surface area contributed by atoms with Crippen LogP contribution in [0.1, 0.15) is 42.1 Å². The van der Waals surface area contributed by atoms with Gasteiger partial charge < -0.3 is 4.74 Å². The van der Waals surface area contributed by atoms with Crippen molar-refractivity contribution in [2.45, 2.75) is 32.7 Å². The van der Waals surface area contributed by atoms with Gasteiger partial charge in [0.25, 0.3) is 0 Å². The van der Waals surface area contributed by atoms with E-state index in [0.29, 0.717) is 0 Å². The largest absolute Gasteiger partial charge is 0.465 e. The third-order valence-corrected chi connectivity index (χ3v) is 3.91. The molecule has 4 heteroatoms. The van der Waals surface area contributed by atoms with Crippen molar-refractivity contribution in [3.63, 3.8) is 0 Å². The van der Waals surface area contributed by atoms with Crippen LogP contribution in [0.15, 0.2) is 18.2 Å². The van der Waals surface area contributed by atoms with E-state index in [4.69, 9.17) is 0 Å². The van der Waals surface area contributed by atoms with E-state index in [1.54, 1.807) is 0 Å². The van der Waals surface area contributed by atoms with Crippen molar-refractivity contribution in [3.05, 3.63) is 35.1 Å². The first-order chi connectivity index (χ1) is 9.63. The lowest BCUT2D eigenvalue weighted by molar-refractivity contribution is 0.0595. The van der Waals surface area contributed by atoms with E-state index in [1.165, 1.54) is 38.5 Å². The summed E-state index contributed by atoms with van der Waals surface area (Å²) in [5.74, 6) is -0.351. The maximum atomic E-state index is 13.8. The molecular formula is C16H22FNO2. The molecule has 0 N–H and O–H groups in total. The van der Waals surface area contributed by atoms with Gasteiger partial charge in [-0.25, -0.2) is 9.18 Å². The van der Waals surface area contributed by atoms with Gasteiger partial charge in [0.1, 0.15) is 5.82 Å². The summed E-state index contributed by atoms with van der Waals surface area (Å²) in [5, 5.41) is 0. The predicted molar refractivity (Wildman–Crippen MR) is 76.0 cm³/mol. The molecule has 0 aliphatic carbocycles. The number of esters is 1. The first-order valence-corrected chi connectivity index (χ1v) is 7.23. The first kappa shape index (κ1) is 15.0. The van der Waals surface area contributed by atoms with E-state index >= 15 is 0 Å². The lowest BCUT2D eigenvalue weighted by Gasteiger charge is -2.16. The maximum absolute atomic E-state index is 13.8. The number of ether oxygens (including phenoxy) is 1. The molecular weight excluding hydrogens is 257 g/mol. The van der Waals surface area contributed by atoms with Crippen LogP contribution in [0.25, 0.3) is 0 Å². The van der Waals surface area contributed by atoms with E-state index in [2.05, 4.69) is 16.6 Å². The van der Waals surface area contributed by atoms with Crippen LogP contribution >= 0.6 is 0 Å². The molecule has 1 aliphatic rings. The second-order valence-electron chi connectivity index (χ2n) is 5.48. The lowest BCUT2D eigenvalue weighted by atomic mass is 10.0. The zero-order chi connectivity index (χ0) is 14.5. The Kier molecular flexibility index (Phi) is 5.12. The number of hydrogen-bond donors (Lipinski definition) is 0. The van der Waals surface area contributed by atoms with E-state index in [-0.39, 0.29) is 5.56 Å². The summed E-state index contributed by atoms with van der Waals surface area (Å²) in [6, 6.07) is 4.76. The molecule has 1 atom stereocenters. The van der Waals surface area contributed by atoms with Crippen LogP contribution in [0.3, 0.4) is 0 Å². The van der Waals surface area contributed by atoms with Gasteiger partial charge in [-0.3, -0.25) is 4.90 Å². The fourth-order valence-corrected chi connectivity index (χ4v) is 2.89. The highest BCUT2D eigenvalue weighted by Gasteiger charge is 2.22. The number of methoxy groups -OCH3 is 1. The van der Waals surface area contributed by atoms with Crippen molar-refractivity contribution in [2.24, 2.45) is 5.92 Å². The van der Waals surface area contributed by atoms with E-state index in [1.807, 2.05) is 6.07 Å². The van der Waals surface area contributed by atoms with Crippen molar-refractivity contribution >= 4 is 5.97 Å². The van der Waals surface area contributed by atoms with Gasteiger partial charge in [-0.1, -0.05) is 19.4 Å². The second-order valence-corrected chi connectivity index (χ2v) is 5.48. The van der Waals surface area contributed by atoms with Crippen molar-refractivity contribution < 1.29 is 13.9 Å². The summed E-state index contributed by atoms with van der Waals surface area (Å²) >= 11 is 0. The van der Waals surface area contributed by atoms with Crippen LogP contribution in [0, 0.1) is 11.7 Å². The average Bonchev–Trinajstić information content (AvgIpc) is 2.86. The third kappa shape index (κ3) is 3.57. The van der Waals surface area contributed by atoms with Crippen LogP contribution in [-0.2, 0) is 11.3 Å². The van der Waals surface area contributed by atoms with Gasteiger partial charge in [0, 0.05) is 13.1 Å². The van der Waals surface area contributed by atoms with Crippen LogP contribution in [0.5, 0.6) is 0 Å². The third-order valence-electron chi connectivity index (χ3n) is 3.91. The van der Waals surface area contributed by atoms with Crippen LogP contribution in [0.4, 0.5) is 4.39 Å².